The predicted molar refractivity (Wildman–Crippen MR) is 146 cm³/mol. The summed E-state index contributed by atoms with van der Waals surface area (Å²) in [6.45, 7) is 1.94. The highest BCUT2D eigenvalue weighted by Crippen LogP contribution is 2.23. The van der Waals surface area contributed by atoms with Crippen LogP contribution in [0.1, 0.15) is 42.2 Å². The van der Waals surface area contributed by atoms with Crippen molar-refractivity contribution in [2.24, 2.45) is 5.10 Å². The molecule has 0 aliphatic carbocycles. The Kier molecular flexibility index (Phi) is 8.22. The molecule has 0 aromatic heterocycles. The molecule has 0 fully saturated rings. The number of esters is 1. The Morgan fingerprint density at radius 2 is 1.51 bits per heavy atom. The van der Waals surface area contributed by atoms with E-state index in [1.54, 1.807) is 78.9 Å². The molecule has 0 aliphatic heterocycles. The number of hydrazone groups is 1. The molecule has 0 bridgehead atoms. The highest BCUT2D eigenvalue weighted by Gasteiger charge is 2.15. The second-order valence-electron chi connectivity index (χ2n) is 8.00. The first-order chi connectivity index (χ1) is 17.9. The standard InChI is InChI=1S/C29H22BrN3O4/c1-19-11-13-20(14-12-19)27(34)32-25-10-6-5-9-24(25)28(35)33-31-18-22-17-23(30)15-16-26(22)37-29(36)21-7-3-2-4-8-21/h2-18H,1H3,(H,32,34)(H,33,35)/b31-18-. The quantitative estimate of drug-likeness (QED) is 0.126. The van der Waals surface area contributed by atoms with E-state index in [4.69, 9.17) is 4.74 Å². The highest BCUT2D eigenvalue weighted by molar-refractivity contribution is 9.10. The summed E-state index contributed by atoms with van der Waals surface area (Å²) in [6, 6.07) is 27.4. The molecule has 184 valence electrons. The van der Waals surface area contributed by atoms with E-state index >= 15 is 0 Å². The molecule has 37 heavy (non-hydrogen) atoms. The number of halogens is 1. The van der Waals surface area contributed by atoms with Crippen LogP contribution in [0, 0.1) is 6.92 Å². The average molecular weight is 556 g/mol. The van der Waals surface area contributed by atoms with E-state index in [-0.39, 0.29) is 17.2 Å². The second kappa shape index (κ2) is 11.9. The van der Waals surface area contributed by atoms with Crippen LogP contribution < -0.4 is 15.5 Å². The summed E-state index contributed by atoms with van der Waals surface area (Å²) in [7, 11) is 0. The van der Waals surface area contributed by atoms with E-state index in [1.165, 1.54) is 6.21 Å². The molecule has 0 saturated heterocycles. The van der Waals surface area contributed by atoms with E-state index in [0.29, 0.717) is 22.4 Å². The van der Waals surface area contributed by atoms with Gasteiger partial charge in [0.15, 0.2) is 0 Å². The minimum atomic E-state index is -0.520. The zero-order valence-electron chi connectivity index (χ0n) is 19.8. The largest absolute Gasteiger partial charge is 0.422 e. The maximum absolute atomic E-state index is 12.9. The van der Waals surface area contributed by atoms with Crippen molar-refractivity contribution in [3.63, 3.8) is 0 Å². The normalized spacial score (nSPS) is 10.6. The van der Waals surface area contributed by atoms with Crippen molar-refractivity contribution >= 4 is 45.6 Å². The lowest BCUT2D eigenvalue weighted by Crippen LogP contribution is -2.21. The van der Waals surface area contributed by atoms with Gasteiger partial charge >= 0.3 is 5.97 Å². The van der Waals surface area contributed by atoms with Crippen LogP contribution in [0.25, 0.3) is 0 Å². The van der Waals surface area contributed by atoms with Crippen molar-refractivity contribution in [2.75, 3.05) is 5.32 Å². The van der Waals surface area contributed by atoms with Crippen LogP contribution in [0.3, 0.4) is 0 Å². The summed E-state index contributed by atoms with van der Waals surface area (Å²) in [5.74, 6) is -1.09. The number of rotatable bonds is 7. The summed E-state index contributed by atoms with van der Waals surface area (Å²) in [6.07, 6.45) is 1.38. The number of hydrogen-bond acceptors (Lipinski definition) is 5. The molecule has 4 aromatic carbocycles. The summed E-state index contributed by atoms with van der Waals surface area (Å²) in [5.41, 5.74) is 5.45. The van der Waals surface area contributed by atoms with Gasteiger partial charge in [0.25, 0.3) is 11.8 Å². The van der Waals surface area contributed by atoms with Crippen LogP contribution in [-0.2, 0) is 0 Å². The van der Waals surface area contributed by atoms with Gasteiger partial charge in [-0.3, -0.25) is 9.59 Å². The van der Waals surface area contributed by atoms with E-state index in [2.05, 4.69) is 31.8 Å². The van der Waals surface area contributed by atoms with Crippen molar-refractivity contribution in [1.29, 1.82) is 0 Å². The minimum absolute atomic E-state index is 0.241. The molecule has 4 rings (SSSR count). The number of anilines is 1. The third-order valence-electron chi connectivity index (χ3n) is 5.29. The number of benzene rings is 4. The summed E-state index contributed by atoms with van der Waals surface area (Å²) in [5, 5.41) is 6.81. The van der Waals surface area contributed by atoms with Gasteiger partial charge in [0, 0.05) is 15.6 Å². The Bertz CT molecular complexity index is 1470. The topological polar surface area (TPSA) is 96.9 Å². The van der Waals surface area contributed by atoms with E-state index in [0.717, 1.165) is 10.0 Å². The highest BCUT2D eigenvalue weighted by atomic mass is 79.9. The Hall–Kier alpha value is -4.56. The molecule has 0 unspecified atom stereocenters. The maximum atomic E-state index is 12.9. The van der Waals surface area contributed by atoms with Crippen molar-refractivity contribution < 1.29 is 19.1 Å². The predicted octanol–water partition coefficient (Wildman–Crippen LogP) is 5.99. The van der Waals surface area contributed by atoms with Gasteiger partial charge in [-0.2, -0.15) is 5.10 Å². The molecule has 0 spiro atoms. The SMILES string of the molecule is Cc1ccc(C(=O)Nc2ccccc2C(=O)N/N=C\c2cc(Br)ccc2OC(=O)c2ccccc2)cc1. The fourth-order valence-electron chi connectivity index (χ4n) is 3.36. The van der Waals surface area contributed by atoms with Crippen LogP contribution in [0.5, 0.6) is 5.75 Å². The van der Waals surface area contributed by atoms with Crippen molar-refractivity contribution in [3.8, 4) is 5.75 Å². The molecule has 7 nitrogen and oxygen atoms in total. The summed E-state index contributed by atoms with van der Waals surface area (Å²) in [4.78, 5) is 38.0. The Morgan fingerprint density at radius 1 is 0.811 bits per heavy atom. The van der Waals surface area contributed by atoms with Crippen molar-refractivity contribution in [3.05, 3.63) is 129 Å². The smallest absolute Gasteiger partial charge is 0.343 e. The van der Waals surface area contributed by atoms with Gasteiger partial charge in [-0.15, -0.1) is 0 Å². The number of amides is 2. The van der Waals surface area contributed by atoms with E-state index < -0.39 is 11.9 Å². The number of nitrogens with zero attached hydrogens (tertiary/aromatic N) is 1. The summed E-state index contributed by atoms with van der Waals surface area (Å²) < 4.78 is 6.27. The van der Waals surface area contributed by atoms with Crippen LogP contribution in [-0.4, -0.2) is 24.0 Å². The van der Waals surface area contributed by atoms with Crippen molar-refractivity contribution in [2.45, 2.75) is 6.92 Å². The van der Waals surface area contributed by atoms with Gasteiger partial charge in [-0.05, 0) is 61.5 Å². The lowest BCUT2D eigenvalue weighted by Gasteiger charge is -2.10. The minimum Gasteiger partial charge on any atom is -0.422 e. The molecule has 0 saturated carbocycles. The summed E-state index contributed by atoms with van der Waals surface area (Å²) >= 11 is 3.39. The maximum Gasteiger partial charge on any atom is 0.343 e. The van der Waals surface area contributed by atoms with Gasteiger partial charge in [-0.1, -0.05) is 64.0 Å². The van der Waals surface area contributed by atoms with Crippen molar-refractivity contribution in [1.82, 2.24) is 5.43 Å². The fraction of sp³-hybridized carbons (Fsp3) is 0.0345. The van der Waals surface area contributed by atoms with Gasteiger partial charge < -0.3 is 10.1 Å². The third-order valence-corrected chi connectivity index (χ3v) is 5.78. The molecular formula is C29H22BrN3O4. The third kappa shape index (κ3) is 6.77. The number of nitrogens with one attached hydrogen (secondary N) is 2. The number of hydrogen-bond donors (Lipinski definition) is 2. The first-order valence-corrected chi connectivity index (χ1v) is 12.1. The fourth-order valence-corrected chi connectivity index (χ4v) is 3.74. The van der Waals surface area contributed by atoms with E-state index in [1.807, 2.05) is 25.1 Å². The van der Waals surface area contributed by atoms with Gasteiger partial charge in [-0.25, -0.2) is 10.2 Å². The first kappa shape index (κ1) is 25.5. The molecule has 0 aliphatic rings. The van der Waals surface area contributed by atoms with Gasteiger partial charge in [0.1, 0.15) is 5.75 Å². The van der Waals surface area contributed by atoms with Crippen LogP contribution in [0.15, 0.2) is 107 Å². The number of carbonyl (C=O) groups is 3. The zero-order valence-corrected chi connectivity index (χ0v) is 21.4. The Morgan fingerprint density at radius 3 is 2.27 bits per heavy atom. The molecule has 0 radical (unpaired) electrons. The van der Waals surface area contributed by atoms with Crippen LogP contribution >= 0.6 is 15.9 Å². The molecule has 8 heteroatoms. The average Bonchev–Trinajstić information content (AvgIpc) is 2.91. The Labute approximate surface area is 222 Å². The lowest BCUT2D eigenvalue weighted by molar-refractivity contribution is 0.0733. The van der Waals surface area contributed by atoms with Gasteiger partial charge in [0.2, 0.25) is 0 Å². The van der Waals surface area contributed by atoms with Crippen LogP contribution in [0.2, 0.25) is 0 Å². The van der Waals surface area contributed by atoms with Crippen LogP contribution in [0.4, 0.5) is 5.69 Å². The second-order valence-corrected chi connectivity index (χ2v) is 8.92. The molecule has 2 amide bonds. The molecular weight excluding hydrogens is 534 g/mol. The monoisotopic (exact) mass is 555 g/mol. The van der Waals surface area contributed by atoms with Gasteiger partial charge in [0.05, 0.1) is 23.0 Å². The number of ether oxygens (including phenoxy) is 1. The Balaban J connectivity index is 1.47. The zero-order chi connectivity index (χ0) is 26.2. The lowest BCUT2D eigenvalue weighted by atomic mass is 10.1. The molecule has 2 N–H and O–H groups in total. The molecule has 4 aromatic rings. The molecule has 0 heterocycles. The number of carbonyl (C=O) groups excluding carboxylic acids is 3. The van der Waals surface area contributed by atoms with E-state index in [9.17, 15) is 14.4 Å². The first-order valence-electron chi connectivity index (χ1n) is 11.3. The molecule has 0 atom stereocenters. The number of aryl methyl sites for hydroxylation is 1. The number of para-hydroxylation sites is 1.